The van der Waals surface area contributed by atoms with Gasteiger partial charge < -0.3 is 20.4 Å². The lowest BCUT2D eigenvalue weighted by molar-refractivity contribution is -0.143. The van der Waals surface area contributed by atoms with E-state index in [-0.39, 0.29) is 5.69 Å². The van der Waals surface area contributed by atoms with E-state index >= 15 is 0 Å². The van der Waals surface area contributed by atoms with Crippen molar-refractivity contribution in [3.8, 4) is 0 Å². The summed E-state index contributed by atoms with van der Waals surface area (Å²) in [6, 6.07) is 0.784. The standard InChI is InChI=1S/C13H16ClN3O4/c14-8-5-9(16-6-8)13(20)21-7-11(18)17-4-2-1-3-10(17)12(15)19/h5-6,10,16H,1-4,7H2,(H2,15,19). The minimum Gasteiger partial charge on any atom is -0.451 e. The van der Waals surface area contributed by atoms with Crippen LogP contribution in [0.15, 0.2) is 12.3 Å². The molecule has 1 aliphatic heterocycles. The second kappa shape index (κ2) is 6.62. The molecule has 2 heterocycles. The Morgan fingerprint density at radius 2 is 2.19 bits per heavy atom. The lowest BCUT2D eigenvalue weighted by atomic mass is 10.0. The Labute approximate surface area is 126 Å². The van der Waals surface area contributed by atoms with Crippen molar-refractivity contribution in [2.45, 2.75) is 25.3 Å². The molecule has 2 rings (SSSR count). The molecule has 0 saturated carbocycles. The number of carbonyl (C=O) groups excluding carboxylic acids is 3. The van der Waals surface area contributed by atoms with Gasteiger partial charge in [0, 0.05) is 12.7 Å². The summed E-state index contributed by atoms with van der Waals surface area (Å²) in [5.41, 5.74) is 5.45. The van der Waals surface area contributed by atoms with E-state index < -0.39 is 30.4 Å². The van der Waals surface area contributed by atoms with Gasteiger partial charge in [0.25, 0.3) is 5.91 Å². The summed E-state index contributed by atoms with van der Waals surface area (Å²) in [4.78, 5) is 39.1. The molecule has 1 aliphatic rings. The molecule has 114 valence electrons. The van der Waals surface area contributed by atoms with Crippen molar-refractivity contribution in [1.82, 2.24) is 9.88 Å². The summed E-state index contributed by atoms with van der Waals surface area (Å²) >= 11 is 5.68. The summed E-state index contributed by atoms with van der Waals surface area (Å²) in [5, 5.41) is 0.373. The molecular formula is C13H16ClN3O4. The van der Waals surface area contributed by atoms with Gasteiger partial charge in [0.1, 0.15) is 11.7 Å². The number of hydrogen-bond donors (Lipinski definition) is 2. The van der Waals surface area contributed by atoms with Crippen LogP contribution < -0.4 is 5.73 Å². The first-order valence-electron chi connectivity index (χ1n) is 6.59. The molecule has 2 amide bonds. The van der Waals surface area contributed by atoms with Crippen molar-refractivity contribution in [2.75, 3.05) is 13.2 Å². The Morgan fingerprint density at radius 1 is 1.43 bits per heavy atom. The van der Waals surface area contributed by atoms with Gasteiger partial charge in [-0.05, 0) is 25.3 Å². The fourth-order valence-corrected chi connectivity index (χ4v) is 2.46. The number of esters is 1. The number of nitrogens with zero attached hydrogens (tertiary/aromatic N) is 1. The van der Waals surface area contributed by atoms with E-state index in [4.69, 9.17) is 22.1 Å². The molecule has 1 aromatic heterocycles. The number of primary amides is 1. The number of amides is 2. The summed E-state index contributed by atoms with van der Waals surface area (Å²) in [6.07, 6.45) is 3.63. The van der Waals surface area contributed by atoms with E-state index in [2.05, 4.69) is 4.98 Å². The van der Waals surface area contributed by atoms with E-state index in [1.54, 1.807) is 0 Å². The number of ether oxygens (including phenoxy) is 1. The first-order chi connectivity index (χ1) is 9.99. The van der Waals surface area contributed by atoms with Gasteiger partial charge in [-0.3, -0.25) is 9.59 Å². The van der Waals surface area contributed by atoms with Crippen LogP contribution in [0, 0.1) is 0 Å². The topological polar surface area (TPSA) is 105 Å². The SMILES string of the molecule is NC(=O)C1CCCCN1C(=O)COC(=O)c1cc(Cl)c[nH]1. The van der Waals surface area contributed by atoms with Gasteiger partial charge in [0.05, 0.1) is 5.02 Å². The van der Waals surface area contributed by atoms with Crippen LogP contribution in [0.1, 0.15) is 29.8 Å². The van der Waals surface area contributed by atoms with Crippen LogP contribution in [-0.4, -0.2) is 46.9 Å². The quantitative estimate of drug-likeness (QED) is 0.798. The van der Waals surface area contributed by atoms with Crippen molar-refractivity contribution >= 4 is 29.4 Å². The molecule has 7 nitrogen and oxygen atoms in total. The van der Waals surface area contributed by atoms with Gasteiger partial charge in [0.2, 0.25) is 5.91 Å². The largest absolute Gasteiger partial charge is 0.451 e. The third-order valence-electron chi connectivity index (χ3n) is 3.35. The number of aromatic amines is 1. The fraction of sp³-hybridized carbons (Fsp3) is 0.462. The monoisotopic (exact) mass is 313 g/mol. The molecular weight excluding hydrogens is 298 g/mol. The molecule has 1 atom stereocenters. The molecule has 1 aromatic rings. The number of piperidine rings is 1. The molecule has 21 heavy (non-hydrogen) atoms. The molecule has 0 bridgehead atoms. The third-order valence-corrected chi connectivity index (χ3v) is 3.56. The number of likely N-dealkylation sites (tertiary alicyclic amines) is 1. The number of carbonyl (C=O) groups is 3. The van der Waals surface area contributed by atoms with Crippen LogP contribution >= 0.6 is 11.6 Å². The summed E-state index contributed by atoms with van der Waals surface area (Å²) in [7, 11) is 0. The normalized spacial score (nSPS) is 18.3. The zero-order valence-corrected chi connectivity index (χ0v) is 12.1. The third kappa shape index (κ3) is 3.75. The van der Waals surface area contributed by atoms with Crippen LogP contribution in [0.2, 0.25) is 5.02 Å². The molecule has 1 fully saturated rings. The van der Waals surface area contributed by atoms with Gasteiger partial charge in [-0.15, -0.1) is 0 Å². The average Bonchev–Trinajstić information content (AvgIpc) is 2.91. The van der Waals surface area contributed by atoms with Crippen molar-refractivity contribution in [3.63, 3.8) is 0 Å². The highest BCUT2D eigenvalue weighted by atomic mass is 35.5. The second-order valence-electron chi connectivity index (χ2n) is 4.81. The highest BCUT2D eigenvalue weighted by Gasteiger charge is 2.31. The van der Waals surface area contributed by atoms with Gasteiger partial charge in [-0.25, -0.2) is 4.79 Å². The van der Waals surface area contributed by atoms with Crippen molar-refractivity contribution in [3.05, 3.63) is 23.0 Å². The Morgan fingerprint density at radius 3 is 2.81 bits per heavy atom. The van der Waals surface area contributed by atoms with E-state index in [1.807, 2.05) is 0 Å². The van der Waals surface area contributed by atoms with Crippen LogP contribution in [0.25, 0.3) is 0 Å². The van der Waals surface area contributed by atoms with Crippen molar-refractivity contribution < 1.29 is 19.1 Å². The zero-order valence-electron chi connectivity index (χ0n) is 11.3. The highest BCUT2D eigenvalue weighted by molar-refractivity contribution is 6.30. The predicted octanol–water partition coefficient (Wildman–Crippen LogP) is 0.691. The molecule has 1 saturated heterocycles. The maximum absolute atomic E-state index is 12.1. The average molecular weight is 314 g/mol. The van der Waals surface area contributed by atoms with E-state index in [9.17, 15) is 14.4 Å². The summed E-state index contributed by atoms with van der Waals surface area (Å²) in [5.74, 6) is -1.64. The van der Waals surface area contributed by atoms with Crippen LogP contribution in [-0.2, 0) is 14.3 Å². The first-order valence-corrected chi connectivity index (χ1v) is 6.96. The zero-order chi connectivity index (χ0) is 15.4. The number of hydrogen-bond acceptors (Lipinski definition) is 4. The van der Waals surface area contributed by atoms with E-state index in [1.165, 1.54) is 17.2 Å². The molecule has 0 aliphatic carbocycles. The summed E-state index contributed by atoms with van der Waals surface area (Å²) in [6.45, 7) is 0.0115. The number of aromatic nitrogens is 1. The maximum Gasteiger partial charge on any atom is 0.355 e. The highest BCUT2D eigenvalue weighted by Crippen LogP contribution is 2.17. The Balaban J connectivity index is 1.91. The van der Waals surface area contributed by atoms with E-state index in [0.29, 0.717) is 18.0 Å². The van der Waals surface area contributed by atoms with Crippen LogP contribution in [0.4, 0.5) is 0 Å². The lowest BCUT2D eigenvalue weighted by Gasteiger charge is -2.33. The summed E-state index contributed by atoms with van der Waals surface area (Å²) < 4.78 is 4.91. The minimum atomic E-state index is -0.678. The molecule has 1 unspecified atom stereocenters. The smallest absolute Gasteiger partial charge is 0.355 e. The van der Waals surface area contributed by atoms with Gasteiger partial charge in [-0.1, -0.05) is 11.6 Å². The number of halogens is 1. The minimum absolute atomic E-state index is 0.165. The molecule has 0 aromatic carbocycles. The van der Waals surface area contributed by atoms with E-state index in [0.717, 1.165) is 12.8 Å². The second-order valence-corrected chi connectivity index (χ2v) is 5.25. The van der Waals surface area contributed by atoms with Crippen molar-refractivity contribution in [2.24, 2.45) is 5.73 Å². The number of rotatable bonds is 4. The Hall–Kier alpha value is -2.02. The Bertz CT molecular complexity index is 557. The molecule has 8 heteroatoms. The number of H-pyrrole nitrogens is 1. The van der Waals surface area contributed by atoms with Gasteiger partial charge >= 0.3 is 5.97 Å². The van der Waals surface area contributed by atoms with Crippen LogP contribution in [0.3, 0.4) is 0 Å². The van der Waals surface area contributed by atoms with Crippen LogP contribution in [0.5, 0.6) is 0 Å². The molecule has 0 spiro atoms. The predicted molar refractivity (Wildman–Crippen MR) is 74.6 cm³/mol. The fourth-order valence-electron chi connectivity index (χ4n) is 2.30. The maximum atomic E-state index is 12.1. The first kappa shape index (κ1) is 15.4. The number of nitrogens with one attached hydrogen (secondary N) is 1. The Kier molecular flexibility index (Phi) is 4.85. The van der Waals surface area contributed by atoms with Crippen molar-refractivity contribution in [1.29, 1.82) is 0 Å². The van der Waals surface area contributed by atoms with Gasteiger partial charge in [0.15, 0.2) is 6.61 Å². The molecule has 3 N–H and O–H groups in total. The lowest BCUT2D eigenvalue weighted by Crippen LogP contribution is -2.51. The molecule has 0 radical (unpaired) electrons. The number of nitrogens with two attached hydrogens (primary N) is 1. The van der Waals surface area contributed by atoms with Gasteiger partial charge in [-0.2, -0.15) is 0 Å².